The van der Waals surface area contributed by atoms with Gasteiger partial charge < -0.3 is 13.9 Å². The van der Waals surface area contributed by atoms with Gasteiger partial charge in [-0.25, -0.2) is 4.98 Å². The van der Waals surface area contributed by atoms with E-state index in [1.54, 1.807) is 0 Å². The summed E-state index contributed by atoms with van der Waals surface area (Å²) in [7, 11) is 1.48. The first-order valence-electron chi connectivity index (χ1n) is 12.0. The van der Waals surface area contributed by atoms with Crippen molar-refractivity contribution in [1.82, 2.24) is 9.88 Å². The van der Waals surface area contributed by atoms with Crippen molar-refractivity contribution in [3.05, 3.63) is 71.1 Å². The Labute approximate surface area is 201 Å². The molecule has 0 amide bonds. The number of aromatic nitrogens is 1. The monoisotopic (exact) mass is 462 g/mol. The number of hydrogen-bond donors (Lipinski definition) is 0. The zero-order valence-electron chi connectivity index (χ0n) is 20.6. The van der Waals surface area contributed by atoms with Gasteiger partial charge in [0, 0.05) is 18.5 Å². The quantitative estimate of drug-likeness (QED) is 0.392. The predicted octanol–water partition coefficient (Wildman–Crippen LogP) is 5.50. The van der Waals surface area contributed by atoms with Crippen LogP contribution in [0.4, 0.5) is 0 Å². The van der Waals surface area contributed by atoms with E-state index in [1.807, 2.05) is 31.2 Å². The molecule has 3 aromatic rings. The van der Waals surface area contributed by atoms with Crippen LogP contribution in [0.5, 0.6) is 5.75 Å². The van der Waals surface area contributed by atoms with E-state index in [0.29, 0.717) is 25.5 Å². The molecule has 4 rings (SSSR count). The Bertz CT molecular complexity index is 1120. The van der Waals surface area contributed by atoms with Gasteiger partial charge in [-0.2, -0.15) is 0 Å². The van der Waals surface area contributed by atoms with Crippen molar-refractivity contribution in [2.24, 2.45) is 0 Å². The van der Waals surface area contributed by atoms with Gasteiger partial charge in [0.15, 0.2) is 0 Å². The molecule has 0 aliphatic carbocycles. The SMILES string of the molecule is CCC1(C(=O)OC)CCCN1Cc1cccc(OCCc2nc(-c3ccc(C)cc3)oc2C)c1. The third-order valence-electron chi connectivity index (χ3n) is 6.84. The molecule has 1 saturated heterocycles. The molecule has 2 aromatic carbocycles. The van der Waals surface area contributed by atoms with E-state index in [9.17, 15) is 4.79 Å². The maximum atomic E-state index is 12.5. The number of carbonyl (C=O) groups excluding carboxylic acids is 1. The summed E-state index contributed by atoms with van der Waals surface area (Å²) in [6.45, 7) is 8.16. The Hall–Kier alpha value is -3.12. The summed E-state index contributed by atoms with van der Waals surface area (Å²) in [5.74, 6) is 2.15. The maximum absolute atomic E-state index is 12.5. The average Bonchev–Trinajstić information content (AvgIpc) is 3.43. The molecule has 6 heteroatoms. The van der Waals surface area contributed by atoms with Crippen LogP contribution in [0.3, 0.4) is 0 Å². The molecule has 1 aromatic heterocycles. The summed E-state index contributed by atoms with van der Waals surface area (Å²) >= 11 is 0. The lowest BCUT2D eigenvalue weighted by Crippen LogP contribution is -2.50. The molecule has 0 N–H and O–H groups in total. The molecule has 6 nitrogen and oxygen atoms in total. The van der Waals surface area contributed by atoms with E-state index in [0.717, 1.165) is 54.1 Å². The van der Waals surface area contributed by atoms with Gasteiger partial charge in [-0.15, -0.1) is 0 Å². The molecular weight excluding hydrogens is 428 g/mol. The van der Waals surface area contributed by atoms with Crippen LogP contribution in [-0.2, 0) is 22.5 Å². The third kappa shape index (κ3) is 5.02. The van der Waals surface area contributed by atoms with E-state index in [2.05, 4.69) is 48.0 Å². The normalized spacial score (nSPS) is 18.2. The van der Waals surface area contributed by atoms with E-state index in [-0.39, 0.29) is 5.97 Å². The molecular formula is C28H34N2O4. The number of likely N-dealkylation sites (tertiary alicyclic amines) is 1. The first kappa shape index (κ1) is 24.0. The summed E-state index contributed by atoms with van der Waals surface area (Å²) in [5, 5.41) is 0. The highest BCUT2D eigenvalue weighted by Crippen LogP contribution is 2.35. The smallest absolute Gasteiger partial charge is 0.326 e. The van der Waals surface area contributed by atoms with Crippen molar-refractivity contribution in [3.63, 3.8) is 0 Å². The van der Waals surface area contributed by atoms with Crippen LogP contribution in [0.15, 0.2) is 52.9 Å². The Morgan fingerprint density at radius 1 is 1.18 bits per heavy atom. The summed E-state index contributed by atoms with van der Waals surface area (Å²) in [6.07, 6.45) is 3.26. The van der Waals surface area contributed by atoms with Gasteiger partial charge in [0.2, 0.25) is 5.89 Å². The topological polar surface area (TPSA) is 64.8 Å². The van der Waals surface area contributed by atoms with Crippen molar-refractivity contribution in [2.45, 2.75) is 58.5 Å². The Balaban J connectivity index is 1.37. The van der Waals surface area contributed by atoms with Gasteiger partial charge >= 0.3 is 5.97 Å². The standard InChI is InChI=1S/C28H34N2O4/c1-5-28(27(31)32-4)15-7-16-30(28)19-22-8-6-9-24(18-22)33-17-14-25-21(3)34-26(29-25)23-12-10-20(2)11-13-23/h6,8-13,18H,5,7,14-17,19H2,1-4H3. The first-order chi connectivity index (χ1) is 16.4. The van der Waals surface area contributed by atoms with Crippen LogP contribution >= 0.6 is 0 Å². The van der Waals surface area contributed by atoms with E-state index in [1.165, 1.54) is 12.7 Å². The number of methoxy groups -OCH3 is 1. The Morgan fingerprint density at radius 3 is 2.71 bits per heavy atom. The van der Waals surface area contributed by atoms with E-state index < -0.39 is 5.54 Å². The van der Waals surface area contributed by atoms with Gasteiger partial charge in [-0.05, 0) is 69.5 Å². The predicted molar refractivity (Wildman–Crippen MR) is 132 cm³/mol. The number of aryl methyl sites for hydroxylation is 2. The van der Waals surface area contributed by atoms with Crippen LogP contribution in [0.1, 0.15) is 48.8 Å². The average molecular weight is 463 g/mol. The zero-order valence-corrected chi connectivity index (χ0v) is 20.6. The highest BCUT2D eigenvalue weighted by Gasteiger charge is 2.46. The fraction of sp³-hybridized carbons (Fsp3) is 0.429. The largest absolute Gasteiger partial charge is 0.493 e. The molecule has 1 atom stereocenters. The number of hydrogen-bond acceptors (Lipinski definition) is 6. The highest BCUT2D eigenvalue weighted by atomic mass is 16.5. The minimum atomic E-state index is -0.523. The lowest BCUT2D eigenvalue weighted by molar-refractivity contribution is -0.154. The molecule has 1 fully saturated rings. The Morgan fingerprint density at radius 2 is 1.97 bits per heavy atom. The van der Waals surface area contributed by atoms with Gasteiger partial charge in [0.25, 0.3) is 0 Å². The molecule has 0 radical (unpaired) electrons. The number of rotatable bonds is 9. The lowest BCUT2D eigenvalue weighted by atomic mass is 9.92. The summed E-state index contributed by atoms with van der Waals surface area (Å²) in [4.78, 5) is 19.5. The van der Waals surface area contributed by atoms with Crippen LogP contribution in [0.2, 0.25) is 0 Å². The fourth-order valence-corrected chi connectivity index (χ4v) is 4.83. The molecule has 0 spiro atoms. The zero-order chi connectivity index (χ0) is 24.1. The van der Waals surface area contributed by atoms with Gasteiger partial charge in [-0.3, -0.25) is 9.69 Å². The number of ether oxygens (including phenoxy) is 2. The minimum absolute atomic E-state index is 0.132. The molecule has 34 heavy (non-hydrogen) atoms. The van der Waals surface area contributed by atoms with Gasteiger partial charge in [0.05, 0.1) is 19.4 Å². The second-order valence-corrected chi connectivity index (χ2v) is 9.04. The van der Waals surface area contributed by atoms with Crippen LogP contribution in [0.25, 0.3) is 11.5 Å². The highest BCUT2D eigenvalue weighted by molar-refractivity contribution is 5.81. The molecule has 1 aliphatic heterocycles. The summed E-state index contributed by atoms with van der Waals surface area (Å²) in [6, 6.07) is 16.3. The Kier molecular flexibility index (Phi) is 7.37. The second-order valence-electron chi connectivity index (χ2n) is 9.04. The lowest BCUT2D eigenvalue weighted by Gasteiger charge is -2.35. The van der Waals surface area contributed by atoms with Crippen molar-refractivity contribution in [2.75, 3.05) is 20.3 Å². The second kappa shape index (κ2) is 10.4. The number of nitrogens with zero attached hydrogens (tertiary/aromatic N) is 2. The molecule has 180 valence electrons. The summed E-state index contributed by atoms with van der Waals surface area (Å²) in [5.41, 5.74) is 3.70. The molecule has 0 saturated carbocycles. The summed E-state index contributed by atoms with van der Waals surface area (Å²) < 4.78 is 17.1. The first-order valence-corrected chi connectivity index (χ1v) is 12.0. The van der Waals surface area contributed by atoms with Crippen LogP contribution < -0.4 is 4.74 Å². The van der Waals surface area contributed by atoms with E-state index in [4.69, 9.17) is 13.9 Å². The molecule has 0 bridgehead atoms. The molecule has 1 unspecified atom stereocenters. The third-order valence-corrected chi connectivity index (χ3v) is 6.84. The van der Waals surface area contributed by atoms with Crippen molar-refractivity contribution in [3.8, 4) is 17.2 Å². The molecule has 2 heterocycles. The van der Waals surface area contributed by atoms with Crippen LogP contribution in [-0.4, -0.2) is 41.7 Å². The number of benzene rings is 2. The molecule has 1 aliphatic rings. The number of carbonyl (C=O) groups is 1. The van der Waals surface area contributed by atoms with Gasteiger partial charge in [-0.1, -0.05) is 36.8 Å². The fourth-order valence-electron chi connectivity index (χ4n) is 4.83. The van der Waals surface area contributed by atoms with E-state index >= 15 is 0 Å². The number of oxazole rings is 1. The number of esters is 1. The van der Waals surface area contributed by atoms with Gasteiger partial charge in [0.1, 0.15) is 17.0 Å². The van der Waals surface area contributed by atoms with Crippen molar-refractivity contribution >= 4 is 5.97 Å². The van der Waals surface area contributed by atoms with Crippen molar-refractivity contribution < 1.29 is 18.7 Å². The minimum Gasteiger partial charge on any atom is -0.493 e. The maximum Gasteiger partial charge on any atom is 0.326 e. The van der Waals surface area contributed by atoms with Crippen molar-refractivity contribution in [1.29, 1.82) is 0 Å². The van der Waals surface area contributed by atoms with Crippen LogP contribution in [0, 0.1) is 13.8 Å².